The molecule has 0 radical (unpaired) electrons. The highest BCUT2D eigenvalue weighted by molar-refractivity contribution is 14.2. The first-order valence-corrected chi connectivity index (χ1v) is 13.1. The molecule has 0 aliphatic carbocycles. The van der Waals surface area contributed by atoms with Gasteiger partial charge in [0.05, 0.1) is 0 Å². The minimum Gasteiger partial charge on any atom is -0.487 e. The summed E-state index contributed by atoms with van der Waals surface area (Å²) in [6.07, 6.45) is 0. The molecule has 2 aromatic rings. The van der Waals surface area contributed by atoms with Crippen molar-refractivity contribution in [1.29, 1.82) is 0 Å². The number of benzene rings is 2. The molecule has 2 aromatic carbocycles. The van der Waals surface area contributed by atoms with Crippen molar-refractivity contribution in [2.75, 3.05) is 0 Å². The van der Waals surface area contributed by atoms with Crippen LogP contribution in [0.25, 0.3) is 0 Å². The maximum Gasteiger partial charge on any atom is 0.343 e. The van der Waals surface area contributed by atoms with Gasteiger partial charge in [0.15, 0.2) is 5.75 Å². The number of rotatable bonds is 8. The van der Waals surface area contributed by atoms with Crippen LogP contribution in [0.2, 0.25) is 0 Å². The molecule has 0 unspecified atom stereocenters. The summed E-state index contributed by atoms with van der Waals surface area (Å²) in [6, 6.07) is 11.1. The van der Waals surface area contributed by atoms with Gasteiger partial charge in [-0.1, -0.05) is 30.3 Å². The molecule has 0 amide bonds. The van der Waals surface area contributed by atoms with E-state index in [9.17, 15) is 9.90 Å². The Morgan fingerprint density at radius 3 is 2.33 bits per heavy atom. The monoisotopic (exact) mass is 590 g/mol. The Bertz CT molecular complexity index is 713. The van der Waals surface area contributed by atoms with Crippen molar-refractivity contribution in [3.63, 3.8) is 0 Å². The zero-order valence-corrected chi connectivity index (χ0v) is 18.3. The lowest BCUT2D eigenvalue weighted by Gasteiger charge is -2.17. The van der Waals surface area contributed by atoms with Crippen molar-refractivity contribution in [2.45, 2.75) is 13.5 Å². The van der Waals surface area contributed by atoms with Crippen LogP contribution in [-0.2, 0) is 6.61 Å². The van der Waals surface area contributed by atoms with E-state index >= 15 is 0 Å². The van der Waals surface area contributed by atoms with Crippen LogP contribution in [0.4, 0.5) is 0 Å². The molecule has 0 heterocycles. The van der Waals surface area contributed by atoms with Crippen LogP contribution < -0.4 is 13.1 Å². The summed E-state index contributed by atoms with van der Waals surface area (Å²) < 4.78 is 16.7. The SMILES string of the molecule is Cc1c(OSI)cc(OSI)c(C(=O)O)c1OCc1ccccc1. The number of aromatic carboxylic acids is 1. The lowest BCUT2D eigenvalue weighted by atomic mass is 10.1. The van der Waals surface area contributed by atoms with Gasteiger partial charge in [-0.15, -0.1) is 0 Å². The Hall–Kier alpha value is -0.530. The number of carboxylic acids is 1. The minimum absolute atomic E-state index is 0.0154. The topological polar surface area (TPSA) is 65.0 Å². The number of carbonyl (C=O) groups is 1. The summed E-state index contributed by atoms with van der Waals surface area (Å²) in [4.78, 5) is 11.7. The van der Waals surface area contributed by atoms with Gasteiger partial charge in [-0.3, -0.25) is 0 Å². The normalized spacial score (nSPS) is 10.3. The Labute approximate surface area is 172 Å². The number of halogens is 2. The molecular weight excluding hydrogens is 578 g/mol. The second-order valence-corrected chi connectivity index (χ2v) is 7.32. The van der Waals surface area contributed by atoms with Gasteiger partial charge in [-0.05, 0) is 12.5 Å². The van der Waals surface area contributed by atoms with Crippen LogP contribution in [0.15, 0.2) is 36.4 Å². The fourth-order valence-electron chi connectivity index (χ4n) is 2.04. The first-order valence-electron chi connectivity index (χ1n) is 6.56. The number of ether oxygens (including phenoxy) is 1. The van der Waals surface area contributed by atoms with E-state index in [4.69, 9.17) is 13.1 Å². The number of hydrogen-bond donors (Lipinski definition) is 1. The maximum atomic E-state index is 11.7. The first-order chi connectivity index (χ1) is 11.6. The van der Waals surface area contributed by atoms with Crippen LogP contribution in [0.3, 0.4) is 0 Å². The molecule has 0 saturated carbocycles. The van der Waals surface area contributed by atoms with Crippen molar-refractivity contribution in [3.05, 3.63) is 53.1 Å². The van der Waals surface area contributed by atoms with E-state index in [2.05, 4.69) is 0 Å². The van der Waals surface area contributed by atoms with Gasteiger partial charge in [0.1, 0.15) is 42.1 Å². The Morgan fingerprint density at radius 1 is 1.12 bits per heavy atom. The minimum atomic E-state index is -1.12. The highest BCUT2D eigenvalue weighted by atomic mass is 127. The molecule has 0 aliphatic rings. The summed E-state index contributed by atoms with van der Waals surface area (Å²) in [5.74, 6) is -0.177. The molecule has 5 nitrogen and oxygen atoms in total. The second kappa shape index (κ2) is 9.82. The van der Waals surface area contributed by atoms with E-state index in [1.165, 1.54) is 0 Å². The third kappa shape index (κ3) is 4.99. The zero-order valence-electron chi connectivity index (χ0n) is 12.3. The highest BCUT2D eigenvalue weighted by Crippen LogP contribution is 2.42. The quantitative estimate of drug-likeness (QED) is 0.298. The predicted octanol–water partition coefficient (Wildman–Crippen LogP) is 6.03. The van der Waals surface area contributed by atoms with E-state index < -0.39 is 5.97 Å². The van der Waals surface area contributed by atoms with Crippen molar-refractivity contribution in [1.82, 2.24) is 0 Å². The summed E-state index contributed by atoms with van der Waals surface area (Å²) in [7, 11) is 2.16. The number of hydrogen-bond acceptors (Lipinski definition) is 6. The van der Waals surface area contributed by atoms with Crippen molar-refractivity contribution in [3.8, 4) is 17.2 Å². The average molecular weight is 590 g/mol. The molecular formula is C15H12I2O5S2. The standard InChI is InChI=1S/C15H12I2O5S2/c1-9-11(21-23-16)7-12(22-24-17)13(15(18)19)14(9)20-8-10-5-3-2-4-6-10/h2-7H,8H2,1H3,(H,18,19). The fraction of sp³-hybridized carbons (Fsp3) is 0.133. The summed E-state index contributed by atoms with van der Waals surface area (Å²) in [6.45, 7) is 2.01. The zero-order chi connectivity index (χ0) is 17.5. The smallest absolute Gasteiger partial charge is 0.343 e. The molecule has 128 valence electrons. The third-order valence-corrected chi connectivity index (χ3v) is 4.69. The lowest BCUT2D eigenvalue weighted by molar-refractivity contribution is 0.0689. The molecule has 0 aliphatic heterocycles. The van der Waals surface area contributed by atoms with E-state index in [-0.39, 0.29) is 23.7 Å². The highest BCUT2D eigenvalue weighted by Gasteiger charge is 2.25. The van der Waals surface area contributed by atoms with Gasteiger partial charge in [-0.2, -0.15) is 0 Å². The van der Waals surface area contributed by atoms with Gasteiger partial charge >= 0.3 is 5.97 Å². The van der Waals surface area contributed by atoms with Crippen molar-refractivity contribution >= 4 is 66.8 Å². The van der Waals surface area contributed by atoms with E-state index in [0.29, 0.717) is 11.3 Å². The van der Waals surface area contributed by atoms with Crippen LogP contribution >= 0.6 is 60.8 Å². The lowest BCUT2D eigenvalue weighted by Crippen LogP contribution is -2.07. The fourth-order valence-corrected chi connectivity index (χ4v) is 3.65. The van der Waals surface area contributed by atoms with E-state index in [1.54, 1.807) is 13.0 Å². The second-order valence-electron chi connectivity index (χ2n) is 4.57. The molecule has 0 fully saturated rings. The van der Waals surface area contributed by atoms with Gasteiger partial charge in [0, 0.05) is 54.0 Å². The van der Waals surface area contributed by atoms with Gasteiger partial charge in [0.25, 0.3) is 0 Å². The summed E-state index contributed by atoms with van der Waals surface area (Å²) in [5, 5.41) is 9.60. The Kier molecular flexibility index (Phi) is 8.10. The average Bonchev–Trinajstić information content (AvgIpc) is 2.57. The number of carboxylic acid groups (broad SMARTS) is 1. The van der Waals surface area contributed by atoms with Crippen molar-refractivity contribution < 1.29 is 23.0 Å². The largest absolute Gasteiger partial charge is 0.487 e. The van der Waals surface area contributed by atoms with Crippen LogP contribution in [0.1, 0.15) is 21.5 Å². The molecule has 9 heteroatoms. The van der Waals surface area contributed by atoms with E-state index in [1.807, 2.05) is 72.7 Å². The van der Waals surface area contributed by atoms with Crippen LogP contribution in [0.5, 0.6) is 17.2 Å². The predicted molar refractivity (Wildman–Crippen MR) is 113 cm³/mol. The van der Waals surface area contributed by atoms with Crippen LogP contribution in [0, 0.1) is 6.92 Å². The van der Waals surface area contributed by atoms with Crippen LogP contribution in [-0.4, -0.2) is 11.1 Å². The molecule has 2 rings (SSSR count). The molecule has 0 bridgehead atoms. The molecule has 0 aromatic heterocycles. The third-order valence-electron chi connectivity index (χ3n) is 3.13. The maximum absolute atomic E-state index is 11.7. The van der Waals surface area contributed by atoms with E-state index in [0.717, 1.165) is 24.0 Å². The summed E-state index contributed by atoms with van der Waals surface area (Å²) >= 11 is 3.92. The van der Waals surface area contributed by atoms with Gasteiger partial charge < -0.3 is 18.2 Å². The molecule has 0 saturated heterocycles. The van der Waals surface area contributed by atoms with Crippen molar-refractivity contribution in [2.24, 2.45) is 0 Å². The summed E-state index contributed by atoms with van der Waals surface area (Å²) in [5.41, 5.74) is 1.53. The first kappa shape index (κ1) is 19.8. The van der Waals surface area contributed by atoms with Gasteiger partial charge in [0.2, 0.25) is 0 Å². The Morgan fingerprint density at radius 2 is 1.75 bits per heavy atom. The molecule has 1 N–H and O–H groups in total. The Balaban J connectivity index is 2.46. The molecule has 24 heavy (non-hydrogen) atoms. The molecule has 0 atom stereocenters. The molecule has 0 spiro atoms. The van der Waals surface area contributed by atoms with Gasteiger partial charge in [-0.25, -0.2) is 4.79 Å².